The Hall–Kier alpha value is -1.88. The fourth-order valence-corrected chi connectivity index (χ4v) is 1.88. The van der Waals surface area contributed by atoms with Crippen LogP contribution in [0.1, 0.15) is 37.4 Å². The average molecular weight is 278 g/mol. The molecule has 1 aromatic carbocycles. The van der Waals surface area contributed by atoms with Gasteiger partial charge in [-0.15, -0.1) is 0 Å². The molecule has 1 amide bonds. The largest absolute Gasteiger partial charge is 0.480 e. The molecule has 5 nitrogen and oxygen atoms in total. The maximum Gasteiger partial charge on any atom is 0.326 e. The van der Waals surface area contributed by atoms with Crippen molar-refractivity contribution in [1.29, 1.82) is 0 Å². The average Bonchev–Trinajstić information content (AvgIpc) is 2.37. The van der Waals surface area contributed by atoms with Crippen molar-refractivity contribution < 1.29 is 14.7 Å². The molecule has 110 valence electrons. The highest BCUT2D eigenvalue weighted by atomic mass is 16.4. The summed E-state index contributed by atoms with van der Waals surface area (Å²) >= 11 is 0. The van der Waals surface area contributed by atoms with Gasteiger partial charge in [-0.1, -0.05) is 43.7 Å². The number of amides is 1. The number of carboxylic acid groups (broad SMARTS) is 1. The molecule has 0 radical (unpaired) electrons. The van der Waals surface area contributed by atoms with Crippen LogP contribution in [-0.2, 0) is 9.59 Å². The summed E-state index contributed by atoms with van der Waals surface area (Å²) < 4.78 is 0. The van der Waals surface area contributed by atoms with Crippen LogP contribution in [0.2, 0.25) is 0 Å². The van der Waals surface area contributed by atoms with E-state index < -0.39 is 24.0 Å². The van der Waals surface area contributed by atoms with Crippen molar-refractivity contribution in [3.8, 4) is 0 Å². The SMILES string of the molecule is Cc1ccc(C(N)C(=O)NC(CC(C)C)C(=O)O)cc1. The quantitative estimate of drug-likeness (QED) is 0.737. The topological polar surface area (TPSA) is 92.4 Å². The Balaban J connectivity index is 2.73. The van der Waals surface area contributed by atoms with E-state index in [0.29, 0.717) is 12.0 Å². The third-order valence-electron chi connectivity index (χ3n) is 3.04. The number of nitrogens with two attached hydrogens (primary N) is 1. The molecule has 0 aliphatic carbocycles. The van der Waals surface area contributed by atoms with Crippen molar-refractivity contribution in [3.63, 3.8) is 0 Å². The van der Waals surface area contributed by atoms with Gasteiger partial charge in [0.15, 0.2) is 0 Å². The number of hydrogen-bond donors (Lipinski definition) is 3. The minimum atomic E-state index is -1.04. The summed E-state index contributed by atoms with van der Waals surface area (Å²) in [7, 11) is 0. The van der Waals surface area contributed by atoms with E-state index in [-0.39, 0.29) is 5.92 Å². The number of carbonyl (C=O) groups is 2. The number of rotatable bonds is 6. The van der Waals surface area contributed by atoms with E-state index in [1.807, 2.05) is 32.9 Å². The number of aliphatic carboxylic acids is 1. The van der Waals surface area contributed by atoms with Crippen LogP contribution in [0.3, 0.4) is 0 Å². The van der Waals surface area contributed by atoms with Crippen LogP contribution in [0.5, 0.6) is 0 Å². The molecular weight excluding hydrogens is 256 g/mol. The monoisotopic (exact) mass is 278 g/mol. The van der Waals surface area contributed by atoms with Gasteiger partial charge in [-0.05, 0) is 24.8 Å². The van der Waals surface area contributed by atoms with Gasteiger partial charge in [0.1, 0.15) is 12.1 Å². The summed E-state index contributed by atoms with van der Waals surface area (Å²) in [5.41, 5.74) is 7.60. The van der Waals surface area contributed by atoms with E-state index in [9.17, 15) is 9.59 Å². The Kier molecular flexibility index (Phi) is 5.70. The first-order chi connectivity index (χ1) is 9.31. The molecule has 0 bridgehead atoms. The van der Waals surface area contributed by atoms with Gasteiger partial charge in [0.05, 0.1) is 0 Å². The Morgan fingerprint density at radius 1 is 1.25 bits per heavy atom. The van der Waals surface area contributed by atoms with E-state index in [1.54, 1.807) is 12.1 Å². The van der Waals surface area contributed by atoms with Gasteiger partial charge in [-0.2, -0.15) is 0 Å². The molecule has 2 unspecified atom stereocenters. The number of carbonyl (C=O) groups excluding carboxylic acids is 1. The molecule has 0 fully saturated rings. The van der Waals surface area contributed by atoms with E-state index in [1.165, 1.54) is 0 Å². The van der Waals surface area contributed by atoms with Crippen LogP contribution in [0.15, 0.2) is 24.3 Å². The van der Waals surface area contributed by atoms with E-state index in [2.05, 4.69) is 5.32 Å². The molecule has 5 heteroatoms. The predicted octanol–water partition coefficient (Wildman–Crippen LogP) is 1.61. The summed E-state index contributed by atoms with van der Waals surface area (Å²) in [5.74, 6) is -1.34. The van der Waals surface area contributed by atoms with Crippen molar-refractivity contribution in [3.05, 3.63) is 35.4 Å². The molecule has 20 heavy (non-hydrogen) atoms. The van der Waals surface area contributed by atoms with Crippen LogP contribution >= 0.6 is 0 Å². The Bertz CT molecular complexity index is 469. The first kappa shape index (κ1) is 16.2. The van der Waals surface area contributed by atoms with Crippen LogP contribution < -0.4 is 11.1 Å². The molecular formula is C15H22N2O3. The summed E-state index contributed by atoms with van der Waals surface area (Å²) in [6, 6.07) is 5.52. The van der Waals surface area contributed by atoms with Gasteiger partial charge in [0.25, 0.3) is 0 Å². The summed E-state index contributed by atoms with van der Waals surface area (Å²) in [4.78, 5) is 23.1. The molecule has 2 atom stereocenters. The van der Waals surface area contributed by atoms with Gasteiger partial charge >= 0.3 is 5.97 Å². The van der Waals surface area contributed by atoms with E-state index in [0.717, 1.165) is 5.56 Å². The molecule has 0 aliphatic heterocycles. The normalized spacial score (nSPS) is 13.8. The second-order valence-corrected chi connectivity index (χ2v) is 5.42. The second kappa shape index (κ2) is 7.05. The zero-order valence-corrected chi connectivity index (χ0v) is 12.1. The highest BCUT2D eigenvalue weighted by Gasteiger charge is 2.24. The molecule has 0 heterocycles. The molecule has 4 N–H and O–H groups in total. The van der Waals surface area contributed by atoms with Gasteiger partial charge in [-0.3, -0.25) is 4.79 Å². The third-order valence-corrected chi connectivity index (χ3v) is 3.04. The Labute approximate surface area is 119 Å². The smallest absolute Gasteiger partial charge is 0.326 e. The van der Waals surface area contributed by atoms with Crippen molar-refractivity contribution in [2.24, 2.45) is 11.7 Å². The number of aryl methyl sites for hydroxylation is 1. The minimum absolute atomic E-state index is 0.173. The first-order valence-electron chi connectivity index (χ1n) is 6.66. The highest BCUT2D eigenvalue weighted by molar-refractivity contribution is 5.87. The summed E-state index contributed by atoms with van der Waals surface area (Å²) in [5, 5.41) is 11.6. The fraction of sp³-hybridized carbons (Fsp3) is 0.467. The maximum atomic E-state index is 12.0. The minimum Gasteiger partial charge on any atom is -0.480 e. The summed E-state index contributed by atoms with van der Waals surface area (Å²) in [6.07, 6.45) is 0.377. The Morgan fingerprint density at radius 3 is 2.25 bits per heavy atom. The third kappa shape index (κ3) is 4.66. The van der Waals surface area contributed by atoms with Crippen molar-refractivity contribution in [2.45, 2.75) is 39.3 Å². The number of hydrogen-bond acceptors (Lipinski definition) is 3. The number of carboxylic acids is 1. The highest BCUT2D eigenvalue weighted by Crippen LogP contribution is 2.13. The number of benzene rings is 1. The predicted molar refractivity (Wildman–Crippen MR) is 77.1 cm³/mol. The fourth-order valence-electron chi connectivity index (χ4n) is 1.88. The standard InChI is InChI=1S/C15H22N2O3/c1-9(2)8-12(15(19)20)17-14(18)13(16)11-6-4-10(3)5-7-11/h4-7,9,12-13H,8,16H2,1-3H3,(H,17,18)(H,19,20). The van der Waals surface area contributed by atoms with Gasteiger partial charge < -0.3 is 16.2 Å². The lowest BCUT2D eigenvalue weighted by Gasteiger charge is -2.19. The van der Waals surface area contributed by atoms with Gasteiger partial charge in [0, 0.05) is 0 Å². The zero-order valence-electron chi connectivity index (χ0n) is 12.1. The van der Waals surface area contributed by atoms with Crippen molar-refractivity contribution in [2.75, 3.05) is 0 Å². The molecule has 1 aromatic rings. The second-order valence-electron chi connectivity index (χ2n) is 5.42. The lowest BCUT2D eigenvalue weighted by Crippen LogP contribution is -2.45. The van der Waals surface area contributed by atoms with Crippen molar-refractivity contribution in [1.82, 2.24) is 5.32 Å². The Morgan fingerprint density at radius 2 is 1.80 bits per heavy atom. The maximum absolute atomic E-state index is 12.0. The molecule has 0 aromatic heterocycles. The molecule has 0 spiro atoms. The van der Waals surface area contributed by atoms with Gasteiger partial charge in [-0.25, -0.2) is 4.79 Å². The van der Waals surface area contributed by atoms with E-state index >= 15 is 0 Å². The zero-order chi connectivity index (χ0) is 15.3. The molecule has 0 saturated carbocycles. The van der Waals surface area contributed by atoms with E-state index in [4.69, 9.17) is 10.8 Å². The van der Waals surface area contributed by atoms with Crippen LogP contribution in [0.4, 0.5) is 0 Å². The molecule has 1 rings (SSSR count). The number of nitrogens with one attached hydrogen (secondary N) is 1. The molecule has 0 aliphatic rings. The first-order valence-corrected chi connectivity index (χ1v) is 6.66. The van der Waals surface area contributed by atoms with Crippen molar-refractivity contribution >= 4 is 11.9 Å². The van der Waals surface area contributed by atoms with Crippen LogP contribution in [0.25, 0.3) is 0 Å². The lowest BCUT2D eigenvalue weighted by atomic mass is 10.0. The van der Waals surface area contributed by atoms with Gasteiger partial charge in [0.2, 0.25) is 5.91 Å². The van der Waals surface area contributed by atoms with Crippen LogP contribution in [0, 0.1) is 12.8 Å². The molecule has 0 saturated heterocycles. The lowest BCUT2D eigenvalue weighted by molar-refractivity contribution is -0.142. The summed E-state index contributed by atoms with van der Waals surface area (Å²) in [6.45, 7) is 5.75. The van der Waals surface area contributed by atoms with Crippen LogP contribution in [-0.4, -0.2) is 23.0 Å².